The van der Waals surface area contributed by atoms with Crippen LogP contribution in [0.25, 0.3) is 0 Å². The Morgan fingerprint density at radius 3 is 2.72 bits per heavy atom. The van der Waals surface area contributed by atoms with Gasteiger partial charge in [0.2, 0.25) is 0 Å². The van der Waals surface area contributed by atoms with Crippen molar-refractivity contribution in [2.45, 2.75) is 27.0 Å². The van der Waals surface area contributed by atoms with Crippen LogP contribution in [0.3, 0.4) is 0 Å². The fraction of sp³-hybridized carbons (Fsp3) is 0.263. The SMILES string of the molecule is Cc1ccc(OCc2csc(C(=O)NCc3cnn(C)c3C)c2)cc1. The molecule has 3 rings (SSSR count). The maximum atomic E-state index is 12.3. The summed E-state index contributed by atoms with van der Waals surface area (Å²) in [6.45, 7) is 4.96. The Morgan fingerprint density at radius 1 is 1.28 bits per heavy atom. The molecule has 0 aliphatic rings. The molecule has 0 saturated carbocycles. The van der Waals surface area contributed by atoms with Crippen LogP contribution in [0.2, 0.25) is 0 Å². The second-order valence-electron chi connectivity index (χ2n) is 5.98. The van der Waals surface area contributed by atoms with Gasteiger partial charge in [-0.15, -0.1) is 11.3 Å². The number of thiophene rings is 1. The first kappa shape index (κ1) is 17.2. The minimum Gasteiger partial charge on any atom is -0.489 e. The van der Waals surface area contributed by atoms with Crippen LogP contribution in [0.1, 0.15) is 32.1 Å². The summed E-state index contributed by atoms with van der Waals surface area (Å²) < 4.78 is 7.55. The number of aryl methyl sites for hydroxylation is 2. The summed E-state index contributed by atoms with van der Waals surface area (Å²) in [5, 5.41) is 9.08. The van der Waals surface area contributed by atoms with Crippen LogP contribution < -0.4 is 10.1 Å². The number of ether oxygens (including phenoxy) is 1. The molecule has 130 valence electrons. The first-order valence-corrected chi connectivity index (χ1v) is 8.93. The van der Waals surface area contributed by atoms with Gasteiger partial charge in [0, 0.05) is 30.4 Å². The number of carbonyl (C=O) groups excluding carboxylic acids is 1. The van der Waals surface area contributed by atoms with E-state index in [9.17, 15) is 4.79 Å². The highest BCUT2D eigenvalue weighted by Gasteiger charge is 2.11. The van der Waals surface area contributed by atoms with Crippen LogP contribution in [0.15, 0.2) is 41.9 Å². The molecule has 0 bridgehead atoms. The lowest BCUT2D eigenvalue weighted by Gasteiger charge is -2.05. The lowest BCUT2D eigenvalue weighted by Crippen LogP contribution is -2.22. The van der Waals surface area contributed by atoms with Gasteiger partial charge in [-0.3, -0.25) is 9.48 Å². The number of nitrogens with one attached hydrogen (secondary N) is 1. The van der Waals surface area contributed by atoms with Gasteiger partial charge in [0.25, 0.3) is 5.91 Å². The van der Waals surface area contributed by atoms with Crippen LogP contribution >= 0.6 is 11.3 Å². The van der Waals surface area contributed by atoms with Crippen LogP contribution in [-0.4, -0.2) is 15.7 Å². The third-order valence-corrected chi connectivity index (χ3v) is 5.06. The summed E-state index contributed by atoms with van der Waals surface area (Å²) in [4.78, 5) is 13.0. The molecule has 6 heteroatoms. The monoisotopic (exact) mass is 355 g/mol. The van der Waals surface area contributed by atoms with Crippen molar-refractivity contribution in [1.82, 2.24) is 15.1 Å². The van der Waals surface area contributed by atoms with Gasteiger partial charge in [0.05, 0.1) is 11.1 Å². The molecule has 0 unspecified atom stereocenters. The van der Waals surface area contributed by atoms with E-state index in [1.54, 1.807) is 10.9 Å². The molecule has 0 radical (unpaired) electrons. The number of hydrogen-bond acceptors (Lipinski definition) is 4. The number of rotatable bonds is 6. The zero-order chi connectivity index (χ0) is 17.8. The molecule has 2 heterocycles. The van der Waals surface area contributed by atoms with Crippen molar-refractivity contribution in [2.75, 3.05) is 0 Å². The average Bonchev–Trinajstić information content (AvgIpc) is 3.21. The number of aromatic nitrogens is 2. The third-order valence-electron chi connectivity index (χ3n) is 4.08. The Bertz CT molecular complexity index is 865. The van der Waals surface area contributed by atoms with Crippen LogP contribution in [0.5, 0.6) is 5.75 Å². The minimum absolute atomic E-state index is 0.0742. The maximum Gasteiger partial charge on any atom is 0.261 e. The molecule has 0 spiro atoms. The van der Waals surface area contributed by atoms with Gasteiger partial charge in [-0.2, -0.15) is 5.10 Å². The van der Waals surface area contributed by atoms with Crippen LogP contribution in [0, 0.1) is 13.8 Å². The van der Waals surface area contributed by atoms with E-state index in [0.29, 0.717) is 18.0 Å². The lowest BCUT2D eigenvalue weighted by atomic mass is 10.2. The van der Waals surface area contributed by atoms with E-state index in [0.717, 1.165) is 22.6 Å². The first-order chi connectivity index (χ1) is 12.0. The Labute approximate surface area is 151 Å². The van der Waals surface area contributed by atoms with Gasteiger partial charge in [-0.25, -0.2) is 0 Å². The number of carbonyl (C=O) groups is 1. The van der Waals surface area contributed by atoms with Gasteiger partial charge in [0.15, 0.2) is 0 Å². The topological polar surface area (TPSA) is 56.1 Å². The molecule has 0 saturated heterocycles. The fourth-order valence-corrected chi connectivity index (χ4v) is 3.16. The summed E-state index contributed by atoms with van der Waals surface area (Å²) in [5.74, 6) is 0.754. The van der Waals surface area contributed by atoms with Crippen molar-refractivity contribution in [3.05, 3.63) is 69.2 Å². The minimum atomic E-state index is -0.0742. The summed E-state index contributed by atoms with van der Waals surface area (Å²) >= 11 is 1.43. The van der Waals surface area contributed by atoms with Gasteiger partial charge < -0.3 is 10.1 Å². The van der Waals surface area contributed by atoms with E-state index in [-0.39, 0.29) is 5.91 Å². The van der Waals surface area contributed by atoms with Crippen LogP contribution in [-0.2, 0) is 20.2 Å². The maximum absolute atomic E-state index is 12.3. The Hall–Kier alpha value is -2.60. The zero-order valence-corrected chi connectivity index (χ0v) is 15.4. The molecule has 0 fully saturated rings. The molecular weight excluding hydrogens is 334 g/mol. The molecular formula is C19H21N3O2S. The molecule has 1 aromatic carbocycles. The average molecular weight is 355 g/mol. The predicted octanol–water partition coefficient (Wildman–Crippen LogP) is 3.61. The van der Waals surface area contributed by atoms with E-state index >= 15 is 0 Å². The molecule has 1 N–H and O–H groups in total. The van der Waals surface area contributed by atoms with Crippen LogP contribution in [0.4, 0.5) is 0 Å². The van der Waals surface area contributed by atoms with E-state index in [1.807, 2.05) is 56.6 Å². The molecule has 5 nitrogen and oxygen atoms in total. The van der Waals surface area contributed by atoms with E-state index in [4.69, 9.17) is 4.74 Å². The molecule has 25 heavy (non-hydrogen) atoms. The van der Waals surface area contributed by atoms with Crippen molar-refractivity contribution >= 4 is 17.2 Å². The Balaban J connectivity index is 1.54. The predicted molar refractivity (Wildman–Crippen MR) is 98.9 cm³/mol. The first-order valence-electron chi connectivity index (χ1n) is 8.05. The van der Waals surface area contributed by atoms with Crippen molar-refractivity contribution < 1.29 is 9.53 Å². The Morgan fingerprint density at radius 2 is 2.04 bits per heavy atom. The second-order valence-corrected chi connectivity index (χ2v) is 6.89. The van der Waals surface area contributed by atoms with Crippen molar-refractivity contribution in [1.29, 1.82) is 0 Å². The normalized spacial score (nSPS) is 10.7. The molecule has 0 atom stereocenters. The highest BCUT2D eigenvalue weighted by atomic mass is 32.1. The highest BCUT2D eigenvalue weighted by molar-refractivity contribution is 7.12. The third kappa shape index (κ3) is 4.28. The summed E-state index contributed by atoms with van der Waals surface area (Å²) in [5.41, 5.74) is 4.27. The summed E-state index contributed by atoms with van der Waals surface area (Å²) in [6, 6.07) is 9.81. The van der Waals surface area contributed by atoms with E-state index in [1.165, 1.54) is 16.9 Å². The summed E-state index contributed by atoms with van der Waals surface area (Å²) in [6.07, 6.45) is 1.78. The fourth-order valence-electron chi connectivity index (χ4n) is 2.35. The van der Waals surface area contributed by atoms with E-state index in [2.05, 4.69) is 10.4 Å². The number of nitrogens with zero attached hydrogens (tertiary/aromatic N) is 2. The molecule has 2 aromatic heterocycles. The number of benzene rings is 1. The molecule has 3 aromatic rings. The van der Waals surface area contributed by atoms with Crippen molar-refractivity contribution in [2.24, 2.45) is 7.05 Å². The molecule has 0 aliphatic heterocycles. The molecule has 0 aliphatic carbocycles. The molecule has 1 amide bonds. The lowest BCUT2D eigenvalue weighted by molar-refractivity contribution is 0.0955. The summed E-state index contributed by atoms with van der Waals surface area (Å²) in [7, 11) is 1.89. The Kier molecular flexibility index (Phi) is 5.19. The zero-order valence-electron chi connectivity index (χ0n) is 14.6. The van der Waals surface area contributed by atoms with E-state index < -0.39 is 0 Å². The largest absolute Gasteiger partial charge is 0.489 e. The van der Waals surface area contributed by atoms with Gasteiger partial charge in [0.1, 0.15) is 12.4 Å². The number of hydrogen-bond donors (Lipinski definition) is 1. The van der Waals surface area contributed by atoms with Gasteiger partial charge in [-0.05, 0) is 37.4 Å². The van der Waals surface area contributed by atoms with Crippen molar-refractivity contribution in [3.63, 3.8) is 0 Å². The van der Waals surface area contributed by atoms with Crippen molar-refractivity contribution in [3.8, 4) is 5.75 Å². The highest BCUT2D eigenvalue weighted by Crippen LogP contribution is 2.18. The smallest absolute Gasteiger partial charge is 0.261 e. The van der Waals surface area contributed by atoms with Gasteiger partial charge in [-0.1, -0.05) is 17.7 Å². The standard InChI is InChI=1S/C19H21N3O2S/c1-13-4-6-17(7-5-13)24-11-15-8-18(25-12-15)19(23)20-9-16-10-21-22(3)14(16)2/h4-8,10,12H,9,11H2,1-3H3,(H,20,23). The quantitative estimate of drug-likeness (QED) is 0.735. The van der Waals surface area contributed by atoms with Gasteiger partial charge >= 0.3 is 0 Å². The second kappa shape index (κ2) is 7.53. The number of amides is 1.